The predicted molar refractivity (Wildman–Crippen MR) is 130 cm³/mol. The minimum absolute atomic E-state index is 0.121. The molecule has 4 heteroatoms. The van der Waals surface area contributed by atoms with Crippen molar-refractivity contribution in [2.45, 2.75) is 58.9 Å². The van der Waals surface area contributed by atoms with Crippen LogP contribution in [-0.4, -0.2) is 44.7 Å². The lowest BCUT2D eigenvalue weighted by molar-refractivity contribution is 0.0234. The molecule has 0 unspecified atom stereocenters. The molecule has 170 valence electrons. The average molecular weight is 426 g/mol. The van der Waals surface area contributed by atoms with Crippen molar-refractivity contribution in [3.63, 3.8) is 0 Å². The minimum atomic E-state index is 0.121. The maximum Gasteiger partial charge on any atom is 0.0701 e. The van der Waals surface area contributed by atoms with Gasteiger partial charge in [-0.2, -0.15) is 0 Å². The molecule has 0 saturated carbocycles. The van der Waals surface area contributed by atoms with Crippen molar-refractivity contribution in [3.05, 3.63) is 47.5 Å². The first-order valence-electron chi connectivity index (χ1n) is 11.3. The molecule has 0 bridgehead atoms. The normalized spacial score (nSPS) is 12.9. The summed E-state index contributed by atoms with van der Waals surface area (Å²) in [5.41, 5.74) is 5.52. The van der Waals surface area contributed by atoms with Gasteiger partial charge in [-0.15, -0.1) is 0 Å². The number of nitrogens with zero attached hydrogens (tertiary/aromatic N) is 1. The Balaban J connectivity index is 1.89. The summed E-state index contributed by atoms with van der Waals surface area (Å²) in [7, 11) is 1.68. The number of ether oxygens (including phenoxy) is 3. The molecular formula is C27H39NO3. The smallest absolute Gasteiger partial charge is 0.0701 e. The van der Waals surface area contributed by atoms with Crippen molar-refractivity contribution in [2.75, 3.05) is 40.1 Å². The SMILES string of the molecule is COCCOCCOCCn1c2ccc(C(C)(C)C)cc2c2cc(C(C)(C)C)ccc21. The van der Waals surface area contributed by atoms with Crippen LogP contribution < -0.4 is 0 Å². The monoisotopic (exact) mass is 425 g/mol. The highest BCUT2D eigenvalue weighted by Crippen LogP contribution is 2.35. The first-order valence-corrected chi connectivity index (χ1v) is 11.3. The van der Waals surface area contributed by atoms with Gasteiger partial charge < -0.3 is 18.8 Å². The molecule has 0 spiro atoms. The Kier molecular flexibility index (Phi) is 7.46. The number of methoxy groups -OCH3 is 1. The summed E-state index contributed by atoms with van der Waals surface area (Å²) >= 11 is 0. The fourth-order valence-electron chi connectivity index (χ4n) is 3.90. The lowest BCUT2D eigenvalue weighted by Crippen LogP contribution is -2.12. The molecule has 31 heavy (non-hydrogen) atoms. The topological polar surface area (TPSA) is 32.6 Å². The van der Waals surface area contributed by atoms with E-state index < -0.39 is 0 Å². The highest BCUT2D eigenvalue weighted by atomic mass is 16.5. The average Bonchev–Trinajstić information content (AvgIpc) is 3.01. The molecule has 3 rings (SSSR count). The second-order valence-corrected chi connectivity index (χ2v) is 10.3. The third-order valence-electron chi connectivity index (χ3n) is 5.86. The van der Waals surface area contributed by atoms with Crippen LogP contribution >= 0.6 is 0 Å². The standard InChI is InChI=1S/C27H39NO3/c1-26(2,3)20-8-10-24-22(18-20)23-19-21(27(4,5)6)9-11-25(23)28(24)12-13-30-16-17-31-15-14-29-7/h8-11,18-19H,12-17H2,1-7H3. The van der Waals surface area contributed by atoms with E-state index in [2.05, 4.69) is 82.5 Å². The summed E-state index contributed by atoms with van der Waals surface area (Å²) < 4.78 is 18.7. The van der Waals surface area contributed by atoms with E-state index in [0.29, 0.717) is 33.0 Å². The molecule has 0 saturated heterocycles. The Labute approximate surface area is 187 Å². The first-order chi connectivity index (χ1) is 14.6. The van der Waals surface area contributed by atoms with Crippen molar-refractivity contribution in [1.82, 2.24) is 4.57 Å². The van der Waals surface area contributed by atoms with Gasteiger partial charge >= 0.3 is 0 Å². The Bertz CT molecular complexity index is 934. The number of fused-ring (bicyclic) bond motifs is 3. The molecule has 0 amide bonds. The van der Waals surface area contributed by atoms with Crippen molar-refractivity contribution in [1.29, 1.82) is 0 Å². The minimum Gasteiger partial charge on any atom is -0.382 e. The van der Waals surface area contributed by atoms with E-state index in [1.165, 1.54) is 32.9 Å². The third-order valence-corrected chi connectivity index (χ3v) is 5.86. The second-order valence-electron chi connectivity index (χ2n) is 10.3. The van der Waals surface area contributed by atoms with Crippen LogP contribution in [0.5, 0.6) is 0 Å². The van der Waals surface area contributed by atoms with Crippen LogP contribution in [-0.2, 0) is 31.6 Å². The number of rotatable bonds is 9. The fourth-order valence-corrected chi connectivity index (χ4v) is 3.90. The summed E-state index contributed by atoms with van der Waals surface area (Å²) in [6, 6.07) is 13.9. The van der Waals surface area contributed by atoms with Gasteiger partial charge in [-0.05, 0) is 46.2 Å². The fraction of sp³-hybridized carbons (Fsp3) is 0.556. The van der Waals surface area contributed by atoms with Crippen LogP contribution in [0.3, 0.4) is 0 Å². The van der Waals surface area contributed by atoms with Crippen molar-refractivity contribution < 1.29 is 14.2 Å². The molecular weight excluding hydrogens is 386 g/mol. The van der Waals surface area contributed by atoms with Gasteiger partial charge in [-0.1, -0.05) is 53.7 Å². The van der Waals surface area contributed by atoms with Gasteiger partial charge in [0.1, 0.15) is 0 Å². The van der Waals surface area contributed by atoms with E-state index in [1.807, 2.05) is 0 Å². The molecule has 0 N–H and O–H groups in total. The van der Waals surface area contributed by atoms with E-state index in [1.54, 1.807) is 7.11 Å². The summed E-state index contributed by atoms with van der Waals surface area (Å²) in [4.78, 5) is 0. The van der Waals surface area contributed by atoms with E-state index in [4.69, 9.17) is 14.2 Å². The second kappa shape index (κ2) is 9.72. The zero-order chi connectivity index (χ0) is 22.6. The first kappa shape index (κ1) is 23.8. The van der Waals surface area contributed by atoms with Crippen LogP contribution in [0.2, 0.25) is 0 Å². The molecule has 4 nitrogen and oxygen atoms in total. The molecule has 1 aromatic heterocycles. The largest absolute Gasteiger partial charge is 0.382 e. The third kappa shape index (κ3) is 5.68. The molecule has 0 fully saturated rings. The van der Waals surface area contributed by atoms with Crippen LogP contribution in [0.15, 0.2) is 36.4 Å². The summed E-state index contributed by atoms with van der Waals surface area (Å²) in [5, 5.41) is 2.66. The van der Waals surface area contributed by atoms with Crippen LogP contribution in [0.4, 0.5) is 0 Å². The van der Waals surface area contributed by atoms with E-state index in [0.717, 1.165) is 6.54 Å². The number of aromatic nitrogens is 1. The Morgan fingerprint density at radius 1 is 0.645 bits per heavy atom. The number of benzene rings is 2. The molecule has 0 aliphatic carbocycles. The number of hydrogen-bond acceptors (Lipinski definition) is 3. The van der Waals surface area contributed by atoms with Crippen molar-refractivity contribution in [2.24, 2.45) is 0 Å². The molecule has 0 radical (unpaired) electrons. The van der Waals surface area contributed by atoms with Crippen molar-refractivity contribution >= 4 is 21.8 Å². The summed E-state index contributed by atoms with van der Waals surface area (Å²) in [6.07, 6.45) is 0. The summed E-state index contributed by atoms with van der Waals surface area (Å²) in [6.45, 7) is 17.6. The lowest BCUT2D eigenvalue weighted by atomic mass is 9.85. The van der Waals surface area contributed by atoms with Crippen LogP contribution in [0.25, 0.3) is 21.8 Å². The van der Waals surface area contributed by atoms with Crippen LogP contribution in [0.1, 0.15) is 52.7 Å². The van der Waals surface area contributed by atoms with E-state index in [-0.39, 0.29) is 10.8 Å². The molecule has 1 heterocycles. The van der Waals surface area contributed by atoms with Crippen LogP contribution in [0, 0.1) is 0 Å². The molecule has 0 aliphatic heterocycles. The Hall–Kier alpha value is -1.88. The van der Waals surface area contributed by atoms with Gasteiger partial charge in [0.25, 0.3) is 0 Å². The van der Waals surface area contributed by atoms with Gasteiger partial charge in [0.05, 0.1) is 33.0 Å². The maximum absolute atomic E-state index is 5.85. The molecule has 2 aromatic carbocycles. The zero-order valence-electron chi connectivity index (χ0n) is 20.4. The Morgan fingerprint density at radius 3 is 1.55 bits per heavy atom. The Morgan fingerprint density at radius 2 is 1.10 bits per heavy atom. The van der Waals surface area contributed by atoms with Gasteiger partial charge in [0, 0.05) is 35.5 Å². The highest BCUT2D eigenvalue weighted by Gasteiger charge is 2.20. The summed E-state index contributed by atoms with van der Waals surface area (Å²) in [5.74, 6) is 0. The maximum atomic E-state index is 5.85. The predicted octanol–water partition coefficient (Wildman–Crippen LogP) is 6.07. The zero-order valence-corrected chi connectivity index (χ0v) is 20.4. The van der Waals surface area contributed by atoms with E-state index in [9.17, 15) is 0 Å². The van der Waals surface area contributed by atoms with Gasteiger partial charge in [0.2, 0.25) is 0 Å². The highest BCUT2D eigenvalue weighted by molar-refractivity contribution is 6.08. The molecule has 0 atom stereocenters. The van der Waals surface area contributed by atoms with Gasteiger partial charge in [-0.3, -0.25) is 0 Å². The van der Waals surface area contributed by atoms with E-state index >= 15 is 0 Å². The van der Waals surface area contributed by atoms with Gasteiger partial charge in [-0.25, -0.2) is 0 Å². The molecule has 0 aliphatic rings. The van der Waals surface area contributed by atoms with Crippen molar-refractivity contribution in [3.8, 4) is 0 Å². The van der Waals surface area contributed by atoms with Gasteiger partial charge in [0.15, 0.2) is 0 Å². The number of hydrogen-bond donors (Lipinski definition) is 0. The quantitative estimate of drug-likeness (QED) is 0.390. The molecule has 3 aromatic rings. The lowest BCUT2D eigenvalue weighted by Gasteiger charge is -2.19.